The van der Waals surface area contributed by atoms with Crippen LogP contribution in [0, 0.1) is 11.6 Å². The molecule has 0 aliphatic carbocycles. The van der Waals surface area contributed by atoms with Crippen LogP contribution in [0.4, 0.5) is 27.6 Å². The van der Waals surface area contributed by atoms with Crippen LogP contribution < -0.4 is 14.4 Å². The Kier molecular flexibility index (Phi) is 8.52. The Hall–Kier alpha value is -4.98. The summed E-state index contributed by atoms with van der Waals surface area (Å²) in [4.78, 5) is 24.2. The lowest BCUT2D eigenvalue weighted by Gasteiger charge is -2.26. The van der Waals surface area contributed by atoms with Gasteiger partial charge in [0.1, 0.15) is 30.0 Å². The van der Waals surface area contributed by atoms with E-state index in [1.54, 1.807) is 18.2 Å². The number of para-hydroxylation sites is 1. The maximum atomic E-state index is 14.3. The highest BCUT2D eigenvalue weighted by Crippen LogP contribution is 2.38. The lowest BCUT2D eigenvalue weighted by molar-refractivity contribution is -0.139. The summed E-state index contributed by atoms with van der Waals surface area (Å²) in [5.41, 5.74) is -0.695. The summed E-state index contributed by atoms with van der Waals surface area (Å²) in [5.74, 6) is -4.51. The predicted molar refractivity (Wildman–Crippen MR) is 152 cm³/mol. The van der Waals surface area contributed by atoms with Gasteiger partial charge in [0.25, 0.3) is 10.0 Å². The van der Waals surface area contributed by atoms with Crippen molar-refractivity contribution in [3.63, 3.8) is 0 Å². The van der Waals surface area contributed by atoms with Crippen molar-refractivity contribution < 1.29 is 49.8 Å². The number of nitrogens with zero attached hydrogens (tertiary/aromatic N) is 1. The van der Waals surface area contributed by atoms with Gasteiger partial charge in [0, 0.05) is 18.1 Å². The molecule has 4 aromatic carbocycles. The molecule has 234 valence electrons. The van der Waals surface area contributed by atoms with E-state index in [4.69, 9.17) is 9.84 Å². The van der Waals surface area contributed by atoms with Crippen LogP contribution in [-0.2, 0) is 27.4 Å². The number of aromatic carboxylic acids is 1. The molecule has 0 spiro atoms. The number of carbonyl (C=O) groups is 2. The number of halogens is 5. The summed E-state index contributed by atoms with van der Waals surface area (Å²) in [6, 6.07) is 15.7. The quantitative estimate of drug-likeness (QED) is 0.179. The summed E-state index contributed by atoms with van der Waals surface area (Å²) in [6.07, 6.45) is -4.89. The first-order chi connectivity index (χ1) is 21.3. The number of hydrogen-bond acceptors (Lipinski definition) is 5. The number of fused-ring (bicyclic) bond motifs is 1. The summed E-state index contributed by atoms with van der Waals surface area (Å²) in [6.45, 7) is -0.732. The maximum absolute atomic E-state index is 14.3. The smallest absolute Gasteiger partial charge is 0.419 e. The van der Waals surface area contributed by atoms with Gasteiger partial charge in [0.05, 0.1) is 28.3 Å². The van der Waals surface area contributed by atoms with Gasteiger partial charge in [-0.3, -0.25) is 9.10 Å². The number of hydrogen-bond donors (Lipinski definition) is 2. The fourth-order valence-corrected chi connectivity index (χ4v) is 6.61. The van der Waals surface area contributed by atoms with Crippen LogP contribution in [0.15, 0.2) is 89.8 Å². The minimum absolute atomic E-state index is 0.00976. The van der Waals surface area contributed by atoms with Crippen LogP contribution in [0.1, 0.15) is 21.5 Å². The van der Waals surface area contributed by atoms with Crippen LogP contribution >= 0.6 is 0 Å². The molecule has 14 heteroatoms. The number of nitrogens with one attached hydrogen (secondary N) is 1. The van der Waals surface area contributed by atoms with Gasteiger partial charge in [0.15, 0.2) is 0 Å². The Morgan fingerprint density at radius 1 is 0.956 bits per heavy atom. The molecule has 0 bridgehead atoms. The van der Waals surface area contributed by atoms with E-state index < -0.39 is 69.2 Å². The van der Waals surface area contributed by atoms with E-state index in [0.717, 1.165) is 22.5 Å². The molecule has 1 atom stereocenters. The number of amides is 1. The molecular weight excluding hydrogens is 623 g/mol. The zero-order valence-electron chi connectivity index (χ0n) is 23.0. The van der Waals surface area contributed by atoms with Crippen molar-refractivity contribution in [3.05, 3.63) is 113 Å². The summed E-state index contributed by atoms with van der Waals surface area (Å²) in [7, 11) is -4.35. The van der Waals surface area contributed by atoms with Crippen LogP contribution in [0.3, 0.4) is 0 Å². The highest BCUT2D eigenvalue weighted by atomic mass is 32.2. The van der Waals surface area contributed by atoms with E-state index in [-0.39, 0.29) is 29.1 Å². The zero-order chi connectivity index (χ0) is 32.5. The van der Waals surface area contributed by atoms with Gasteiger partial charge in [-0.15, -0.1) is 0 Å². The number of anilines is 1. The van der Waals surface area contributed by atoms with Crippen molar-refractivity contribution in [2.24, 2.45) is 0 Å². The second-order valence-corrected chi connectivity index (χ2v) is 11.8. The van der Waals surface area contributed by atoms with Crippen LogP contribution in [0.25, 0.3) is 11.1 Å². The van der Waals surface area contributed by atoms with Crippen LogP contribution in [0.5, 0.6) is 5.75 Å². The number of rotatable bonds is 9. The molecule has 4 aromatic rings. The first-order valence-electron chi connectivity index (χ1n) is 13.3. The molecule has 1 aliphatic rings. The summed E-state index contributed by atoms with van der Waals surface area (Å²) in [5, 5.41) is 11.5. The number of sulfonamides is 1. The third-order valence-corrected chi connectivity index (χ3v) is 8.91. The van der Waals surface area contributed by atoms with Crippen molar-refractivity contribution >= 4 is 27.6 Å². The largest absolute Gasteiger partial charge is 0.491 e. The van der Waals surface area contributed by atoms with Gasteiger partial charge >= 0.3 is 12.1 Å². The Morgan fingerprint density at radius 3 is 2.33 bits per heavy atom. The number of carboxylic acids is 1. The van der Waals surface area contributed by atoms with E-state index in [1.807, 2.05) is 0 Å². The third-order valence-electron chi connectivity index (χ3n) is 7.07. The van der Waals surface area contributed by atoms with Gasteiger partial charge in [-0.05, 0) is 59.7 Å². The molecule has 0 saturated heterocycles. The number of alkyl halides is 3. The molecule has 0 fully saturated rings. The van der Waals surface area contributed by atoms with Crippen molar-refractivity contribution in [2.75, 3.05) is 17.5 Å². The fourth-order valence-electron chi connectivity index (χ4n) is 4.96. The number of carbonyl (C=O) groups excluding carboxylic acids is 1. The minimum atomic E-state index is -4.90. The Labute approximate surface area is 253 Å². The molecule has 8 nitrogen and oxygen atoms in total. The predicted octanol–water partition coefficient (Wildman–Crippen LogP) is 5.66. The molecule has 0 unspecified atom stereocenters. The summed E-state index contributed by atoms with van der Waals surface area (Å²) >= 11 is 0. The van der Waals surface area contributed by atoms with Gasteiger partial charge in [-0.25, -0.2) is 22.0 Å². The first kappa shape index (κ1) is 31.4. The van der Waals surface area contributed by atoms with E-state index in [2.05, 4.69) is 5.32 Å². The second kappa shape index (κ2) is 12.2. The molecule has 1 aliphatic heterocycles. The van der Waals surface area contributed by atoms with Crippen LogP contribution in [-0.4, -0.2) is 44.6 Å². The average Bonchev–Trinajstić information content (AvgIpc) is 3.40. The van der Waals surface area contributed by atoms with E-state index in [1.165, 1.54) is 36.4 Å². The molecule has 0 saturated carbocycles. The molecule has 5 rings (SSSR count). The van der Waals surface area contributed by atoms with E-state index >= 15 is 0 Å². The second-order valence-electron chi connectivity index (χ2n) is 9.95. The molecule has 0 radical (unpaired) electrons. The highest BCUT2D eigenvalue weighted by Gasteiger charge is 2.42. The Balaban J connectivity index is 1.33. The Bertz CT molecular complexity index is 1880. The first-order valence-corrected chi connectivity index (χ1v) is 14.7. The fraction of sp³-hybridized carbons (Fsp3) is 0.161. The average molecular weight is 647 g/mol. The van der Waals surface area contributed by atoms with Crippen molar-refractivity contribution in [1.82, 2.24) is 5.32 Å². The van der Waals surface area contributed by atoms with Crippen molar-refractivity contribution in [3.8, 4) is 16.9 Å². The number of benzene rings is 4. The molecule has 2 N–H and O–H groups in total. The van der Waals surface area contributed by atoms with Gasteiger partial charge in [0.2, 0.25) is 5.91 Å². The lowest BCUT2D eigenvalue weighted by Crippen LogP contribution is -2.48. The van der Waals surface area contributed by atoms with E-state index in [9.17, 15) is 40.0 Å². The molecular formula is C31H23F5N2O6S. The number of carboxylic acid groups (broad SMARTS) is 1. The molecule has 0 aromatic heterocycles. The molecule has 1 heterocycles. The van der Waals surface area contributed by atoms with Gasteiger partial charge < -0.3 is 15.2 Å². The topological polar surface area (TPSA) is 113 Å². The highest BCUT2D eigenvalue weighted by molar-refractivity contribution is 7.93. The van der Waals surface area contributed by atoms with Crippen molar-refractivity contribution in [1.29, 1.82) is 0 Å². The zero-order valence-corrected chi connectivity index (χ0v) is 23.8. The van der Waals surface area contributed by atoms with Gasteiger partial charge in [-0.1, -0.05) is 30.3 Å². The Morgan fingerprint density at radius 2 is 1.67 bits per heavy atom. The van der Waals surface area contributed by atoms with E-state index in [0.29, 0.717) is 23.3 Å². The maximum Gasteiger partial charge on any atom is 0.419 e. The van der Waals surface area contributed by atoms with Crippen LogP contribution in [0.2, 0.25) is 0 Å². The SMILES string of the molecule is O=C(O)c1ccc(OCCNC(=O)[C@@H]2Cc3ccccc3N2S(=O)(=O)c2ccc(-c3ccc(F)cc3F)cc2)c(C(F)(F)F)c1. The number of ether oxygens (including phenoxy) is 1. The molecule has 45 heavy (non-hydrogen) atoms. The standard InChI is InChI=1S/C31H23F5N2O6S/c32-21-8-11-23(25(33)17-21)18-5-9-22(10-6-18)45(42,43)38-26-4-2-1-3-19(26)16-27(38)29(39)37-13-14-44-28-12-7-20(30(40)41)15-24(28)31(34,35)36/h1-12,15,17,27H,13-14,16H2,(H,37,39)(H,40,41)/t27-/m0/s1. The molecule has 1 amide bonds. The lowest BCUT2D eigenvalue weighted by atomic mass is 10.1. The summed E-state index contributed by atoms with van der Waals surface area (Å²) < 4.78 is 102. The minimum Gasteiger partial charge on any atom is -0.491 e. The third kappa shape index (κ3) is 6.45. The van der Waals surface area contributed by atoms with Crippen molar-refractivity contribution in [2.45, 2.75) is 23.5 Å². The normalized spacial score (nSPS) is 14.6. The van der Waals surface area contributed by atoms with Gasteiger partial charge in [-0.2, -0.15) is 13.2 Å². The monoisotopic (exact) mass is 646 g/mol.